The van der Waals surface area contributed by atoms with E-state index in [2.05, 4.69) is 10.5 Å². The van der Waals surface area contributed by atoms with Crippen molar-refractivity contribution in [3.8, 4) is 11.3 Å². The third kappa shape index (κ3) is 2.92. The van der Waals surface area contributed by atoms with Crippen LogP contribution >= 0.6 is 0 Å². The molecule has 0 aliphatic rings. The number of carbonyl (C=O) groups excluding carboxylic acids is 1. The first-order chi connectivity index (χ1) is 10.2. The van der Waals surface area contributed by atoms with Crippen LogP contribution in [0.1, 0.15) is 10.6 Å². The summed E-state index contributed by atoms with van der Waals surface area (Å²) in [6.45, 7) is 0. The van der Waals surface area contributed by atoms with Gasteiger partial charge in [-0.05, 0) is 24.3 Å². The van der Waals surface area contributed by atoms with Crippen LogP contribution in [0.3, 0.4) is 0 Å². The standard InChI is InChI=1S/C16H13N3O2/c17-16(20)15-10-14(19-21-15)11-6-8-13(9-7-11)18-12-4-2-1-3-5-12/h1-10,18H,(H2,17,20). The molecule has 0 radical (unpaired) electrons. The van der Waals surface area contributed by atoms with Crippen molar-refractivity contribution < 1.29 is 9.32 Å². The van der Waals surface area contributed by atoms with Gasteiger partial charge in [-0.25, -0.2) is 0 Å². The molecule has 0 fully saturated rings. The van der Waals surface area contributed by atoms with Crippen LogP contribution in [0.15, 0.2) is 65.2 Å². The largest absolute Gasteiger partial charge is 0.363 e. The summed E-state index contributed by atoms with van der Waals surface area (Å²) in [6.07, 6.45) is 0. The van der Waals surface area contributed by atoms with Gasteiger partial charge >= 0.3 is 0 Å². The molecule has 0 saturated heterocycles. The van der Waals surface area contributed by atoms with Gasteiger partial charge in [0.05, 0.1) is 0 Å². The maximum Gasteiger partial charge on any atom is 0.287 e. The average Bonchev–Trinajstić information content (AvgIpc) is 2.99. The number of nitrogens with one attached hydrogen (secondary N) is 1. The molecule has 0 atom stereocenters. The van der Waals surface area contributed by atoms with Gasteiger partial charge in [-0.3, -0.25) is 4.79 Å². The number of carbonyl (C=O) groups is 1. The number of primary amides is 1. The quantitative estimate of drug-likeness (QED) is 0.768. The van der Waals surface area contributed by atoms with Crippen LogP contribution in [-0.2, 0) is 0 Å². The van der Waals surface area contributed by atoms with Gasteiger partial charge in [-0.1, -0.05) is 35.5 Å². The lowest BCUT2D eigenvalue weighted by molar-refractivity contribution is 0.0965. The molecule has 1 aromatic heterocycles. The highest BCUT2D eigenvalue weighted by atomic mass is 16.5. The number of anilines is 2. The van der Waals surface area contributed by atoms with E-state index in [1.165, 1.54) is 6.07 Å². The number of benzene rings is 2. The van der Waals surface area contributed by atoms with Crippen molar-refractivity contribution in [3.05, 3.63) is 66.4 Å². The lowest BCUT2D eigenvalue weighted by atomic mass is 10.1. The van der Waals surface area contributed by atoms with Crippen LogP contribution in [0, 0.1) is 0 Å². The van der Waals surface area contributed by atoms with Gasteiger partial charge in [0, 0.05) is 23.0 Å². The molecule has 5 heteroatoms. The summed E-state index contributed by atoms with van der Waals surface area (Å²) < 4.78 is 4.87. The maximum absolute atomic E-state index is 11.0. The first kappa shape index (κ1) is 12.9. The smallest absolute Gasteiger partial charge is 0.287 e. The Morgan fingerprint density at radius 2 is 1.67 bits per heavy atom. The predicted octanol–water partition coefficient (Wildman–Crippen LogP) is 3.18. The Morgan fingerprint density at radius 1 is 1.00 bits per heavy atom. The Morgan fingerprint density at radius 3 is 2.29 bits per heavy atom. The van der Waals surface area contributed by atoms with Crippen LogP contribution in [0.2, 0.25) is 0 Å². The third-order valence-electron chi connectivity index (χ3n) is 3.00. The molecule has 2 aromatic carbocycles. The molecule has 0 unspecified atom stereocenters. The Hall–Kier alpha value is -3.08. The van der Waals surface area contributed by atoms with Crippen LogP contribution in [0.25, 0.3) is 11.3 Å². The van der Waals surface area contributed by atoms with E-state index < -0.39 is 5.91 Å². The van der Waals surface area contributed by atoms with Crippen LogP contribution in [0.5, 0.6) is 0 Å². The maximum atomic E-state index is 11.0. The van der Waals surface area contributed by atoms with Crippen molar-refractivity contribution in [1.82, 2.24) is 5.16 Å². The number of nitrogens with zero attached hydrogens (tertiary/aromatic N) is 1. The second kappa shape index (κ2) is 5.50. The highest BCUT2D eigenvalue weighted by Crippen LogP contribution is 2.23. The van der Waals surface area contributed by atoms with Gasteiger partial charge in [0.15, 0.2) is 0 Å². The van der Waals surface area contributed by atoms with Crippen molar-refractivity contribution in [3.63, 3.8) is 0 Å². The Balaban J connectivity index is 1.78. The van der Waals surface area contributed by atoms with Gasteiger partial charge in [0.2, 0.25) is 5.76 Å². The summed E-state index contributed by atoms with van der Waals surface area (Å²) in [5, 5.41) is 7.11. The minimum Gasteiger partial charge on any atom is -0.363 e. The fourth-order valence-corrected chi connectivity index (χ4v) is 1.94. The number of amides is 1. The second-order valence-corrected chi connectivity index (χ2v) is 4.51. The predicted molar refractivity (Wildman–Crippen MR) is 80.2 cm³/mol. The Labute approximate surface area is 121 Å². The monoisotopic (exact) mass is 279 g/mol. The van der Waals surface area contributed by atoms with Crippen molar-refractivity contribution in [2.75, 3.05) is 5.32 Å². The zero-order valence-corrected chi connectivity index (χ0v) is 11.1. The molecule has 3 N–H and O–H groups in total. The minimum absolute atomic E-state index is 0.0523. The summed E-state index contributed by atoms with van der Waals surface area (Å²) in [7, 11) is 0. The van der Waals surface area contributed by atoms with Gasteiger partial charge < -0.3 is 15.6 Å². The number of para-hydroxylation sites is 1. The van der Waals surface area contributed by atoms with Crippen molar-refractivity contribution in [2.45, 2.75) is 0 Å². The first-order valence-electron chi connectivity index (χ1n) is 6.41. The molecule has 104 valence electrons. The van der Waals surface area contributed by atoms with E-state index in [-0.39, 0.29) is 5.76 Å². The van der Waals surface area contributed by atoms with Gasteiger partial charge in [0.25, 0.3) is 5.91 Å². The summed E-state index contributed by atoms with van der Waals surface area (Å²) in [4.78, 5) is 11.0. The molecule has 5 nitrogen and oxygen atoms in total. The van der Waals surface area contributed by atoms with Gasteiger partial charge in [-0.15, -0.1) is 0 Å². The van der Waals surface area contributed by atoms with Gasteiger partial charge in [0.1, 0.15) is 5.69 Å². The zero-order valence-electron chi connectivity index (χ0n) is 11.1. The highest BCUT2D eigenvalue weighted by Gasteiger charge is 2.10. The molecule has 3 rings (SSSR count). The molecule has 0 saturated carbocycles. The second-order valence-electron chi connectivity index (χ2n) is 4.51. The molecular formula is C16H13N3O2. The summed E-state index contributed by atoms with van der Waals surface area (Å²) in [6, 6.07) is 19.1. The molecule has 0 aliphatic carbocycles. The number of rotatable bonds is 4. The highest BCUT2D eigenvalue weighted by molar-refractivity contribution is 5.90. The Bertz CT molecular complexity index is 749. The van der Waals surface area contributed by atoms with E-state index in [1.54, 1.807) is 0 Å². The van der Waals surface area contributed by atoms with Crippen LogP contribution in [0.4, 0.5) is 11.4 Å². The van der Waals surface area contributed by atoms with E-state index in [9.17, 15) is 4.79 Å². The molecule has 1 amide bonds. The van der Waals surface area contributed by atoms with E-state index >= 15 is 0 Å². The zero-order chi connectivity index (χ0) is 14.7. The molecule has 0 spiro atoms. The molecule has 3 aromatic rings. The van der Waals surface area contributed by atoms with E-state index in [1.807, 2.05) is 54.6 Å². The van der Waals surface area contributed by atoms with Crippen LogP contribution in [-0.4, -0.2) is 11.1 Å². The van der Waals surface area contributed by atoms with Crippen LogP contribution < -0.4 is 11.1 Å². The number of hydrogen-bond acceptors (Lipinski definition) is 4. The molecule has 1 heterocycles. The first-order valence-corrected chi connectivity index (χ1v) is 6.41. The average molecular weight is 279 g/mol. The van der Waals surface area contributed by atoms with E-state index in [0.29, 0.717) is 5.69 Å². The molecule has 21 heavy (non-hydrogen) atoms. The Kier molecular flexibility index (Phi) is 3.39. The normalized spacial score (nSPS) is 10.3. The molecular weight excluding hydrogens is 266 g/mol. The summed E-state index contributed by atoms with van der Waals surface area (Å²) in [5.74, 6) is -0.576. The fraction of sp³-hybridized carbons (Fsp3) is 0. The summed E-state index contributed by atoms with van der Waals surface area (Å²) in [5.41, 5.74) is 8.54. The van der Waals surface area contributed by atoms with Gasteiger partial charge in [-0.2, -0.15) is 0 Å². The molecule has 0 bridgehead atoms. The summed E-state index contributed by atoms with van der Waals surface area (Å²) >= 11 is 0. The molecule has 0 aliphatic heterocycles. The lowest BCUT2D eigenvalue weighted by Crippen LogP contribution is -2.09. The topological polar surface area (TPSA) is 81.2 Å². The van der Waals surface area contributed by atoms with Crippen molar-refractivity contribution >= 4 is 17.3 Å². The lowest BCUT2D eigenvalue weighted by Gasteiger charge is -2.06. The fourth-order valence-electron chi connectivity index (χ4n) is 1.94. The van der Waals surface area contributed by atoms with E-state index in [4.69, 9.17) is 10.3 Å². The number of hydrogen-bond donors (Lipinski definition) is 2. The van der Waals surface area contributed by atoms with E-state index in [0.717, 1.165) is 16.9 Å². The minimum atomic E-state index is -0.629. The number of nitrogens with two attached hydrogens (primary N) is 1. The van der Waals surface area contributed by atoms with Crippen molar-refractivity contribution in [1.29, 1.82) is 0 Å². The third-order valence-corrected chi connectivity index (χ3v) is 3.00. The SMILES string of the molecule is NC(=O)c1cc(-c2ccc(Nc3ccccc3)cc2)no1. The van der Waals surface area contributed by atoms with Crippen molar-refractivity contribution in [2.24, 2.45) is 5.73 Å². The number of aromatic nitrogens is 1.